The van der Waals surface area contributed by atoms with Crippen LogP contribution in [0.2, 0.25) is 5.02 Å². The molecular formula is C11H18ClN3O3S. The van der Waals surface area contributed by atoms with Crippen molar-refractivity contribution in [2.24, 2.45) is 0 Å². The molecule has 1 aromatic rings. The van der Waals surface area contributed by atoms with Crippen LogP contribution in [0.5, 0.6) is 0 Å². The van der Waals surface area contributed by atoms with Gasteiger partial charge < -0.3 is 10.4 Å². The Hall–Kier alpha value is -0.890. The molecule has 19 heavy (non-hydrogen) atoms. The Balaban J connectivity index is 3.11. The average molecular weight is 308 g/mol. The summed E-state index contributed by atoms with van der Waals surface area (Å²) in [6.07, 6.45) is 1.26. The second-order valence-corrected chi connectivity index (χ2v) is 6.10. The molecule has 6 nitrogen and oxygen atoms in total. The third-order valence-corrected chi connectivity index (χ3v) is 4.73. The highest BCUT2D eigenvalue weighted by molar-refractivity contribution is 7.89. The number of rotatable bonds is 7. The van der Waals surface area contributed by atoms with Gasteiger partial charge in [-0.05, 0) is 13.0 Å². The fourth-order valence-electron chi connectivity index (χ4n) is 1.57. The minimum atomic E-state index is -3.67. The lowest BCUT2D eigenvalue weighted by atomic mass is 10.4. The molecule has 0 aliphatic carbocycles. The molecule has 1 rings (SSSR count). The summed E-state index contributed by atoms with van der Waals surface area (Å²) in [5.41, 5.74) is 0. The van der Waals surface area contributed by atoms with Gasteiger partial charge in [-0.25, -0.2) is 13.4 Å². The summed E-state index contributed by atoms with van der Waals surface area (Å²) in [5, 5.41) is 12.1. The number of nitrogens with one attached hydrogen (secondary N) is 1. The maximum absolute atomic E-state index is 12.3. The number of aliphatic hydroxyl groups is 1. The van der Waals surface area contributed by atoms with E-state index in [1.165, 1.54) is 16.6 Å². The van der Waals surface area contributed by atoms with Crippen LogP contribution >= 0.6 is 11.6 Å². The molecule has 1 heterocycles. The predicted molar refractivity (Wildman–Crippen MR) is 74.9 cm³/mol. The minimum absolute atomic E-state index is 0.0226. The normalized spacial score (nSPS) is 11.8. The van der Waals surface area contributed by atoms with Crippen LogP contribution in [0.4, 0.5) is 5.82 Å². The van der Waals surface area contributed by atoms with Crippen molar-refractivity contribution in [3.05, 3.63) is 17.3 Å². The zero-order valence-corrected chi connectivity index (χ0v) is 12.5. The molecule has 0 aliphatic rings. The summed E-state index contributed by atoms with van der Waals surface area (Å²) in [6, 6.07) is 1.36. The number of anilines is 1. The maximum Gasteiger partial charge on any atom is 0.244 e. The number of sulfonamides is 1. The Kier molecular flexibility index (Phi) is 5.99. The van der Waals surface area contributed by atoms with Gasteiger partial charge in [0.25, 0.3) is 0 Å². The van der Waals surface area contributed by atoms with Crippen molar-refractivity contribution in [1.82, 2.24) is 9.29 Å². The SMILES string of the molecule is CCNc1ncc(S(=O)(=O)N(CC)CCO)cc1Cl. The molecule has 0 radical (unpaired) electrons. The molecular weight excluding hydrogens is 290 g/mol. The van der Waals surface area contributed by atoms with Crippen LogP contribution in [-0.2, 0) is 10.0 Å². The molecule has 0 fully saturated rings. The third kappa shape index (κ3) is 3.79. The van der Waals surface area contributed by atoms with Gasteiger partial charge in [0.2, 0.25) is 10.0 Å². The Morgan fingerprint density at radius 3 is 2.63 bits per heavy atom. The van der Waals surface area contributed by atoms with E-state index in [-0.39, 0.29) is 29.6 Å². The highest BCUT2D eigenvalue weighted by Crippen LogP contribution is 2.24. The molecule has 8 heteroatoms. The lowest BCUT2D eigenvalue weighted by molar-refractivity contribution is 0.257. The molecule has 108 valence electrons. The average Bonchev–Trinajstić information content (AvgIpc) is 2.38. The van der Waals surface area contributed by atoms with Crippen LogP contribution in [0.1, 0.15) is 13.8 Å². The predicted octanol–water partition coefficient (Wildman–Crippen LogP) is 1.17. The third-order valence-electron chi connectivity index (χ3n) is 2.50. The van der Waals surface area contributed by atoms with Crippen LogP contribution < -0.4 is 5.32 Å². The van der Waals surface area contributed by atoms with Crippen LogP contribution in [-0.4, -0.2) is 49.1 Å². The van der Waals surface area contributed by atoms with Gasteiger partial charge in [0.15, 0.2) is 0 Å². The first-order chi connectivity index (χ1) is 8.97. The Labute approximate surface area is 118 Å². The Bertz CT molecular complexity index is 522. The van der Waals surface area contributed by atoms with Crippen molar-refractivity contribution < 1.29 is 13.5 Å². The minimum Gasteiger partial charge on any atom is -0.395 e. The lowest BCUT2D eigenvalue weighted by Gasteiger charge is -2.19. The molecule has 2 N–H and O–H groups in total. The molecule has 0 aromatic carbocycles. The summed E-state index contributed by atoms with van der Waals surface area (Å²) in [5.74, 6) is 0.452. The van der Waals surface area contributed by atoms with Gasteiger partial charge in [-0.15, -0.1) is 0 Å². The van der Waals surface area contributed by atoms with Crippen LogP contribution in [0, 0.1) is 0 Å². The highest BCUT2D eigenvalue weighted by atomic mass is 35.5. The highest BCUT2D eigenvalue weighted by Gasteiger charge is 2.23. The Morgan fingerprint density at radius 2 is 2.16 bits per heavy atom. The number of likely N-dealkylation sites (N-methyl/N-ethyl adjacent to an activating group) is 1. The van der Waals surface area contributed by atoms with Gasteiger partial charge in [-0.2, -0.15) is 4.31 Å². The first-order valence-electron chi connectivity index (χ1n) is 5.97. The van der Waals surface area contributed by atoms with Gasteiger partial charge in [-0.3, -0.25) is 0 Å². The van der Waals surface area contributed by atoms with Gasteiger partial charge in [0.1, 0.15) is 10.7 Å². The van der Waals surface area contributed by atoms with Gasteiger partial charge in [0, 0.05) is 25.8 Å². The number of nitrogens with zero attached hydrogens (tertiary/aromatic N) is 2. The van der Waals surface area contributed by atoms with E-state index in [1.54, 1.807) is 6.92 Å². The van der Waals surface area contributed by atoms with Crippen molar-refractivity contribution in [1.29, 1.82) is 0 Å². The van der Waals surface area contributed by atoms with E-state index in [1.807, 2.05) is 6.92 Å². The number of pyridine rings is 1. The molecule has 0 unspecified atom stereocenters. The summed E-state index contributed by atoms with van der Waals surface area (Å²) in [6.45, 7) is 4.33. The number of halogens is 1. The number of aliphatic hydroxyl groups excluding tert-OH is 1. The molecule has 1 aromatic heterocycles. The number of aromatic nitrogens is 1. The molecule has 0 saturated heterocycles. The monoisotopic (exact) mass is 307 g/mol. The Morgan fingerprint density at radius 1 is 1.47 bits per heavy atom. The van der Waals surface area contributed by atoms with Crippen LogP contribution in [0.3, 0.4) is 0 Å². The molecule has 0 atom stereocenters. The van der Waals surface area contributed by atoms with E-state index in [2.05, 4.69) is 10.3 Å². The number of hydrogen-bond acceptors (Lipinski definition) is 5. The zero-order valence-electron chi connectivity index (χ0n) is 10.9. The smallest absolute Gasteiger partial charge is 0.244 e. The molecule has 0 aliphatic heterocycles. The summed E-state index contributed by atoms with van der Waals surface area (Å²) < 4.78 is 25.7. The van der Waals surface area contributed by atoms with E-state index < -0.39 is 10.0 Å². The van der Waals surface area contributed by atoms with Gasteiger partial charge in [0.05, 0.1) is 11.6 Å². The summed E-state index contributed by atoms with van der Waals surface area (Å²) >= 11 is 5.98. The van der Waals surface area contributed by atoms with Crippen molar-refractivity contribution >= 4 is 27.4 Å². The first-order valence-corrected chi connectivity index (χ1v) is 7.79. The molecule has 0 amide bonds. The van der Waals surface area contributed by atoms with E-state index >= 15 is 0 Å². The van der Waals surface area contributed by atoms with Crippen LogP contribution in [0.15, 0.2) is 17.2 Å². The molecule has 0 spiro atoms. The second kappa shape index (κ2) is 7.04. The largest absolute Gasteiger partial charge is 0.395 e. The van der Waals surface area contributed by atoms with Crippen molar-refractivity contribution in [3.8, 4) is 0 Å². The van der Waals surface area contributed by atoms with E-state index in [0.717, 1.165) is 0 Å². The second-order valence-electron chi connectivity index (χ2n) is 3.75. The standard InChI is InChI=1S/C11H18ClN3O3S/c1-3-13-11-10(12)7-9(8-14-11)19(17,18)15(4-2)5-6-16/h7-8,16H,3-6H2,1-2H3,(H,13,14). The molecule has 0 bridgehead atoms. The van der Waals surface area contributed by atoms with Crippen molar-refractivity contribution in [2.45, 2.75) is 18.7 Å². The quantitative estimate of drug-likeness (QED) is 0.790. The summed E-state index contributed by atoms with van der Waals surface area (Å²) in [7, 11) is -3.67. The topological polar surface area (TPSA) is 82.5 Å². The van der Waals surface area contributed by atoms with Gasteiger partial charge >= 0.3 is 0 Å². The maximum atomic E-state index is 12.3. The number of hydrogen-bond donors (Lipinski definition) is 2. The fraction of sp³-hybridized carbons (Fsp3) is 0.545. The lowest BCUT2D eigenvalue weighted by Crippen LogP contribution is -2.33. The van der Waals surface area contributed by atoms with E-state index in [9.17, 15) is 8.42 Å². The van der Waals surface area contributed by atoms with Crippen molar-refractivity contribution in [2.75, 3.05) is 31.6 Å². The van der Waals surface area contributed by atoms with Crippen LogP contribution in [0.25, 0.3) is 0 Å². The van der Waals surface area contributed by atoms with Gasteiger partial charge in [-0.1, -0.05) is 18.5 Å². The van der Waals surface area contributed by atoms with Crippen molar-refractivity contribution in [3.63, 3.8) is 0 Å². The fourth-order valence-corrected chi connectivity index (χ4v) is 3.28. The zero-order chi connectivity index (χ0) is 14.5. The first kappa shape index (κ1) is 16.2. The summed E-state index contributed by atoms with van der Waals surface area (Å²) in [4.78, 5) is 4.02. The van der Waals surface area contributed by atoms with E-state index in [4.69, 9.17) is 16.7 Å². The van der Waals surface area contributed by atoms with E-state index in [0.29, 0.717) is 12.4 Å². The molecule has 0 saturated carbocycles.